The van der Waals surface area contributed by atoms with Crippen LogP contribution in [0.4, 0.5) is 22.0 Å². The third-order valence-electron chi connectivity index (χ3n) is 3.37. The predicted molar refractivity (Wildman–Crippen MR) is 75.7 cm³/mol. The molecule has 0 aliphatic heterocycles. The van der Waals surface area contributed by atoms with E-state index in [0.29, 0.717) is 10.1 Å². The molecule has 7 heteroatoms. The monoisotopic (exact) mass is 331 g/mol. The van der Waals surface area contributed by atoms with Crippen molar-refractivity contribution in [1.29, 1.82) is 0 Å². The number of benzene rings is 1. The molecule has 2 nitrogen and oxygen atoms in total. The van der Waals surface area contributed by atoms with E-state index in [0.717, 1.165) is 6.20 Å². The summed E-state index contributed by atoms with van der Waals surface area (Å²) in [6, 6.07) is 3.04. The van der Waals surface area contributed by atoms with Crippen molar-refractivity contribution in [1.82, 2.24) is 4.57 Å². The number of aromatic nitrogens is 1. The summed E-state index contributed by atoms with van der Waals surface area (Å²) in [5.74, 6) is -2.91. The van der Waals surface area contributed by atoms with Crippen LogP contribution in [0.1, 0.15) is 31.9 Å². The number of pyridine rings is 1. The molecule has 0 fully saturated rings. The Morgan fingerprint density at radius 2 is 1.43 bits per heavy atom. The van der Waals surface area contributed by atoms with Gasteiger partial charge in [-0.15, -0.1) is 0 Å². The molecule has 0 N–H and O–H groups in total. The first-order valence-corrected chi connectivity index (χ1v) is 6.71. The number of alkyl halides is 3. The van der Waals surface area contributed by atoms with Gasteiger partial charge < -0.3 is 0 Å². The van der Waals surface area contributed by atoms with Gasteiger partial charge in [0, 0.05) is 12.3 Å². The SMILES string of the molecule is CC(C)(C)c1ccn(-c2c(F)cc(C(F)(F)F)cc2F)c(=O)c1. The van der Waals surface area contributed by atoms with Gasteiger partial charge in [0.2, 0.25) is 0 Å². The van der Waals surface area contributed by atoms with Crippen molar-refractivity contribution in [3.05, 3.63) is 63.6 Å². The number of rotatable bonds is 1. The van der Waals surface area contributed by atoms with E-state index in [4.69, 9.17) is 0 Å². The fourth-order valence-electron chi connectivity index (χ4n) is 2.09. The Hall–Kier alpha value is -2.18. The molecule has 0 amide bonds. The molecule has 0 aliphatic carbocycles. The first kappa shape index (κ1) is 17.2. The Labute approximate surface area is 129 Å². The normalized spacial score (nSPS) is 12.5. The van der Waals surface area contributed by atoms with Crippen molar-refractivity contribution in [2.45, 2.75) is 32.4 Å². The fourth-order valence-corrected chi connectivity index (χ4v) is 2.09. The minimum Gasteiger partial charge on any atom is -0.279 e. The molecule has 0 spiro atoms. The summed E-state index contributed by atoms with van der Waals surface area (Å²) >= 11 is 0. The Morgan fingerprint density at radius 1 is 0.913 bits per heavy atom. The molecule has 0 saturated carbocycles. The summed E-state index contributed by atoms with van der Waals surface area (Å²) in [6.07, 6.45) is -3.72. The summed E-state index contributed by atoms with van der Waals surface area (Å²) < 4.78 is 66.2. The summed E-state index contributed by atoms with van der Waals surface area (Å²) in [5.41, 5.74) is -2.71. The lowest BCUT2D eigenvalue weighted by atomic mass is 9.88. The molecule has 0 aliphatic rings. The summed E-state index contributed by atoms with van der Waals surface area (Å²) in [4.78, 5) is 12.1. The van der Waals surface area contributed by atoms with Gasteiger partial charge in [-0.3, -0.25) is 9.36 Å². The molecule has 2 aromatic rings. The van der Waals surface area contributed by atoms with Gasteiger partial charge in [-0.05, 0) is 29.2 Å². The summed E-state index contributed by atoms with van der Waals surface area (Å²) in [6.45, 7) is 5.56. The van der Waals surface area contributed by atoms with E-state index >= 15 is 0 Å². The van der Waals surface area contributed by atoms with E-state index in [1.807, 2.05) is 20.8 Å². The van der Waals surface area contributed by atoms with E-state index in [2.05, 4.69) is 0 Å². The molecule has 124 valence electrons. The lowest BCUT2D eigenvalue weighted by Gasteiger charge is -2.19. The lowest BCUT2D eigenvalue weighted by molar-refractivity contribution is -0.138. The van der Waals surface area contributed by atoms with Crippen molar-refractivity contribution in [2.24, 2.45) is 0 Å². The minimum absolute atomic E-state index is 0.169. The first-order valence-electron chi connectivity index (χ1n) is 6.71. The van der Waals surface area contributed by atoms with Gasteiger partial charge in [-0.25, -0.2) is 8.78 Å². The molecule has 0 radical (unpaired) electrons. The quantitative estimate of drug-likeness (QED) is 0.709. The molecule has 23 heavy (non-hydrogen) atoms. The predicted octanol–water partition coefficient (Wildman–Crippen LogP) is 4.43. The first-order chi connectivity index (χ1) is 10.4. The van der Waals surface area contributed by atoms with Gasteiger partial charge >= 0.3 is 6.18 Å². The maximum atomic E-state index is 13.9. The molecule has 0 bridgehead atoms. The second kappa shape index (κ2) is 5.47. The molecule has 0 atom stereocenters. The molecule has 0 unspecified atom stereocenters. The number of nitrogens with zero attached hydrogens (tertiary/aromatic N) is 1. The number of halogens is 5. The van der Waals surface area contributed by atoms with Crippen LogP contribution in [0, 0.1) is 11.6 Å². The van der Waals surface area contributed by atoms with Crippen molar-refractivity contribution in [2.75, 3.05) is 0 Å². The molecule has 1 aromatic heterocycles. The number of hydrogen-bond donors (Lipinski definition) is 0. The topological polar surface area (TPSA) is 22.0 Å². The van der Waals surface area contributed by atoms with Crippen LogP contribution in [0.2, 0.25) is 0 Å². The molecule has 0 saturated heterocycles. The van der Waals surface area contributed by atoms with Crippen LogP contribution in [-0.2, 0) is 11.6 Å². The molecular formula is C16H14F5NO. The van der Waals surface area contributed by atoms with Gasteiger partial charge in [-0.1, -0.05) is 20.8 Å². The van der Waals surface area contributed by atoms with Crippen LogP contribution in [0.25, 0.3) is 5.69 Å². The zero-order chi connectivity index (χ0) is 17.6. The van der Waals surface area contributed by atoms with Crippen LogP contribution >= 0.6 is 0 Å². The van der Waals surface area contributed by atoms with Gasteiger partial charge in [0.05, 0.1) is 5.56 Å². The highest BCUT2D eigenvalue weighted by atomic mass is 19.4. The van der Waals surface area contributed by atoms with Gasteiger partial charge in [0.1, 0.15) is 5.69 Å². The van der Waals surface area contributed by atoms with E-state index in [-0.39, 0.29) is 17.5 Å². The maximum Gasteiger partial charge on any atom is 0.416 e. The van der Waals surface area contributed by atoms with Crippen LogP contribution in [0.15, 0.2) is 35.3 Å². The smallest absolute Gasteiger partial charge is 0.279 e. The van der Waals surface area contributed by atoms with Gasteiger partial charge in [0.15, 0.2) is 11.6 Å². The minimum atomic E-state index is -4.87. The van der Waals surface area contributed by atoms with Crippen molar-refractivity contribution in [3.8, 4) is 5.69 Å². The Kier molecular flexibility index (Phi) is 4.09. The third-order valence-corrected chi connectivity index (χ3v) is 3.37. The van der Waals surface area contributed by atoms with E-state index in [1.54, 1.807) is 0 Å². The highest BCUT2D eigenvalue weighted by molar-refractivity contribution is 5.40. The Morgan fingerprint density at radius 3 is 1.83 bits per heavy atom. The average Bonchev–Trinajstić information content (AvgIpc) is 2.37. The molecule has 1 heterocycles. The Balaban J connectivity index is 2.62. The van der Waals surface area contributed by atoms with E-state index in [1.165, 1.54) is 12.1 Å². The fraction of sp³-hybridized carbons (Fsp3) is 0.312. The van der Waals surface area contributed by atoms with Crippen LogP contribution in [-0.4, -0.2) is 4.57 Å². The summed E-state index contributed by atoms with van der Waals surface area (Å²) in [7, 11) is 0. The largest absolute Gasteiger partial charge is 0.416 e. The standard InChI is InChI=1S/C16H14F5NO/c1-15(2,3)9-4-5-22(13(23)8-9)14-11(17)6-10(7-12(14)18)16(19,20)21/h4-8H,1-3H3. The molecular weight excluding hydrogens is 317 g/mol. The summed E-state index contributed by atoms with van der Waals surface area (Å²) in [5, 5.41) is 0. The maximum absolute atomic E-state index is 13.9. The van der Waals surface area contributed by atoms with E-state index < -0.39 is 34.6 Å². The highest BCUT2D eigenvalue weighted by Gasteiger charge is 2.33. The average molecular weight is 331 g/mol. The van der Waals surface area contributed by atoms with Crippen LogP contribution in [0.3, 0.4) is 0 Å². The van der Waals surface area contributed by atoms with Crippen molar-refractivity contribution >= 4 is 0 Å². The molecule has 2 rings (SSSR count). The van der Waals surface area contributed by atoms with Crippen LogP contribution < -0.4 is 5.56 Å². The zero-order valence-electron chi connectivity index (χ0n) is 12.6. The van der Waals surface area contributed by atoms with E-state index in [9.17, 15) is 26.7 Å². The van der Waals surface area contributed by atoms with Crippen LogP contribution in [0.5, 0.6) is 0 Å². The Bertz CT molecular complexity index is 776. The van der Waals surface area contributed by atoms with Crippen molar-refractivity contribution < 1.29 is 22.0 Å². The third kappa shape index (κ3) is 3.43. The van der Waals surface area contributed by atoms with Gasteiger partial charge in [-0.2, -0.15) is 13.2 Å². The second-order valence-electron chi connectivity index (χ2n) is 6.16. The van der Waals surface area contributed by atoms with Gasteiger partial charge in [0.25, 0.3) is 5.56 Å². The van der Waals surface area contributed by atoms with Crippen molar-refractivity contribution in [3.63, 3.8) is 0 Å². The zero-order valence-corrected chi connectivity index (χ0v) is 12.6. The lowest BCUT2D eigenvalue weighted by Crippen LogP contribution is -2.23. The number of hydrogen-bond acceptors (Lipinski definition) is 1. The molecule has 1 aromatic carbocycles. The second-order valence-corrected chi connectivity index (χ2v) is 6.16. The highest BCUT2D eigenvalue weighted by Crippen LogP contribution is 2.32.